The van der Waals surface area contributed by atoms with Crippen molar-refractivity contribution in [3.8, 4) is 33.6 Å². The molecule has 6 aromatic rings. The molecule has 0 aliphatic heterocycles. The monoisotopic (exact) mass is 710 g/mol. The van der Waals surface area contributed by atoms with Gasteiger partial charge in [0.05, 0.1) is 0 Å². The molecule has 0 saturated heterocycles. The Hall–Kier alpha value is -4.33. The molecule has 2 heterocycles. The average molecular weight is 711 g/mol. The quantitative estimate of drug-likeness (QED) is 0.161. The predicted molar refractivity (Wildman–Crippen MR) is 165 cm³/mol. The molecule has 0 atom stereocenters. The Morgan fingerprint density at radius 3 is 1.78 bits per heavy atom. The molecule has 0 N–H and O–H groups in total. The van der Waals surface area contributed by atoms with E-state index in [4.69, 9.17) is 0 Å². The van der Waals surface area contributed by atoms with Crippen molar-refractivity contribution >= 4 is 17.1 Å². The van der Waals surface area contributed by atoms with Gasteiger partial charge in [-0.25, -0.2) is 0 Å². The fourth-order valence-corrected chi connectivity index (χ4v) is 5.29. The van der Waals surface area contributed by atoms with Crippen LogP contribution in [0.1, 0.15) is 16.7 Å². The Kier molecular flexibility index (Phi) is 8.57. The summed E-state index contributed by atoms with van der Waals surface area (Å²) in [6.45, 7) is 6.49. The zero-order valence-electron chi connectivity index (χ0n) is 23.2. The van der Waals surface area contributed by atoms with E-state index in [1.807, 2.05) is 54.9 Å². The van der Waals surface area contributed by atoms with E-state index in [9.17, 15) is 0 Å². The predicted octanol–water partition coefficient (Wildman–Crippen LogP) is 9.47. The minimum atomic E-state index is 0. The molecular weight excluding hydrogens is 682 g/mol. The molecule has 0 saturated carbocycles. The number of benzene rings is 4. The molecule has 3 nitrogen and oxygen atoms in total. The summed E-state index contributed by atoms with van der Waals surface area (Å²) in [4.78, 5) is 11.5. The number of nitrogens with zero attached hydrogens (tertiary/aromatic N) is 3. The Balaban J connectivity index is 0.00000337. The van der Waals surface area contributed by atoms with Crippen LogP contribution in [0.4, 0.5) is 17.1 Å². The largest absolute Gasteiger partial charge is 2.00 e. The summed E-state index contributed by atoms with van der Waals surface area (Å²) in [6.07, 6.45) is 3.65. The van der Waals surface area contributed by atoms with Gasteiger partial charge in [0.25, 0.3) is 0 Å². The van der Waals surface area contributed by atoms with Gasteiger partial charge >= 0.3 is 21.1 Å². The van der Waals surface area contributed by atoms with Crippen molar-refractivity contribution in [2.75, 3.05) is 4.90 Å². The molecule has 0 radical (unpaired) electrons. The molecule has 0 spiro atoms. The van der Waals surface area contributed by atoms with Gasteiger partial charge in [0.1, 0.15) is 0 Å². The third kappa shape index (κ3) is 6.06. The third-order valence-corrected chi connectivity index (χ3v) is 6.96. The van der Waals surface area contributed by atoms with Gasteiger partial charge in [-0.2, -0.15) is 0 Å². The first-order valence-corrected chi connectivity index (χ1v) is 13.4. The van der Waals surface area contributed by atoms with E-state index in [1.54, 1.807) is 0 Å². The molecule has 0 fully saturated rings. The number of rotatable bonds is 6. The first-order chi connectivity index (χ1) is 19.6. The van der Waals surface area contributed by atoms with E-state index in [2.05, 4.69) is 115 Å². The molecule has 2 aromatic heterocycles. The van der Waals surface area contributed by atoms with E-state index in [1.165, 1.54) is 16.7 Å². The first-order valence-electron chi connectivity index (χ1n) is 13.4. The topological polar surface area (TPSA) is 29.0 Å². The second-order valence-electron chi connectivity index (χ2n) is 10.00. The molecule has 202 valence electrons. The first kappa shape index (κ1) is 28.2. The van der Waals surface area contributed by atoms with Crippen LogP contribution in [0.15, 0.2) is 122 Å². The van der Waals surface area contributed by atoms with Gasteiger partial charge in [-0.05, 0) is 72.4 Å². The second-order valence-corrected chi connectivity index (χ2v) is 10.00. The Morgan fingerprint density at radius 2 is 1.15 bits per heavy atom. The molecule has 0 unspecified atom stereocenters. The van der Waals surface area contributed by atoms with Crippen LogP contribution < -0.4 is 4.90 Å². The summed E-state index contributed by atoms with van der Waals surface area (Å²) in [5.74, 6) is 0. The molecule has 4 heteroatoms. The van der Waals surface area contributed by atoms with Crippen LogP contribution in [-0.4, -0.2) is 9.97 Å². The standard InChI is InChI=1S/C37H29N3.Pt/c1-26-20-27(2)37(28(3)21-26)40(33-15-11-14-30(23-33)35-16-7-9-18-38-35)34-24-31(29-12-5-4-6-13-29)22-32(25-34)36-17-8-10-19-39-36;/h4-22,24H,1-3H3;/q-2;+2. The van der Waals surface area contributed by atoms with Gasteiger partial charge in [0, 0.05) is 18.1 Å². The summed E-state index contributed by atoms with van der Waals surface area (Å²) < 4.78 is 0. The Morgan fingerprint density at radius 1 is 0.537 bits per heavy atom. The zero-order valence-corrected chi connectivity index (χ0v) is 25.5. The van der Waals surface area contributed by atoms with Crippen molar-refractivity contribution in [1.82, 2.24) is 9.97 Å². The molecular formula is C37H29N3Pt. The van der Waals surface area contributed by atoms with E-state index in [0.717, 1.165) is 50.7 Å². The van der Waals surface area contributed by atoms with Gasteiger partial charge in [-0.3, -0.25) is 0 Å². The summed E-state index contributed by atoms with van der Waals surface area (Å²) in [5, 5.41) is 0. The number of hydrogen-bond donors (Lipinski definition) is 0. The van der Waals surface area contributed by atoms with Crippen LogP contribution >= 0.6 is 0 Å². The molecule has 0 aliphatic rings. The van der Waals surface area contributed by atoms with Crippen molar-refractivity contribution in [3.63, 3.8) is 0 Å². The van der Waals surface area contributed by atoms with Crippen molar-refractivity contribution in [2.24, 2.45) is 0 Å². The summed E-state index contributed by atoms with van der Waals surface area (Å²) in [5.41, 5.74) is 12.5. The number of aromatic nitrogens is 2. The number of aryl methyl sites for hydroxylation is 3. The fraction of sp³-hybridized carbons (Fsp3) is 0.0811. The molecule has 0 amide bonds. The van der Waals surface area contributed by atoms with Gasteiger partial charge in [-0.15, -0.1) is 53.6 Å². The SMILES string of the molecule is Cc1cc(C)c(N(c2[c-]c(-c3ccccn3)ccc2)c2[c-]c(-c3ccccn3)cc(-c3ccccc3)c2)c(C)c1.[Pt+2]. The van der Waals surface area contributed by atoms with Crippen LogP contribution in [0.2, 0.25) is 0 Å². The Labute approximate surface area is 256 Å². The summed E-state index contributed by atoms with van der Waals surface area (Å²) in [6, 6.07) is 44.9. The van der Waals surface area contributed by atoms with Crippen LogP contribution in [0.5, 0.6) is 0 Å². The minimum absolute atomic E-state index is 0. The summed E-state index contributed by atoms with van der Waals surface area (Å²) in [7, 11) is 0. The maximum atomic E-state index is 4.66. The van der Waals surface area contributed by atoms with Gasteiger partial charge in [0.15, 0.2) is 0 Å². The van der Waals surface area contributed by atoms with E-state index in [0.29, 0.717) is 0 Å². The van der Waals surface area contributed by atoms with E-state index >= 15 is 0 Å². The molecule has 0 bridgehead atoms. The smallest absolute Gasteiger partial charge is 0.346 e. The second kappa shape index (κ2) is 12.5. The number of hydrogen-bond acceptors (Lipinski definition) is 3. The molecule has 0 aliphatic carbocycles. The fourth-order valence-electron chi connectivity index (χ4n) is 5.29. The molecule has 4 aromatic carbocycles. The molecule has 41 heavy (non-hydrogen) atoms. The Bertz CT molecular complexity index is 1690. The van der Waals surface area contributed by atoms with Crippen molar-refractivity contribution in [2.45, 2.75) is 20.8 Å². The van der Waals surface area contributed by atoms with Gasteiger partial charge < -0.3 is 14.9 Å². The average Bonchev–Trinajstić information content (AvgIpc) is 3.00. The van der Waals surface area contributed by atoms with Crippen LogP contribution in [0.25, 0.3) is 33.6 Å². The maximum Gasteiger partial charge on any atom is 2.00 e. The number of anilines is 3. The minimum Gasteiger partial charge on any atom is -0.346 e. The third-order valence-electron chi connectivity index (χ3n) is 6.96. The van der Waals surface area contributed by atoms with Gasteiger partial charge in [0.2, 0.25) is 0 Å². The van der Waals surface area contributed by atoms with Crippen LogP contribution in [0, 0.1) is 32.9 Å². The maximum absolute atomic E-state index is 4.66. The van der Waals surface area contributed by atoms with E-state index < -0.39 is 0 Å². The zero-order chi connectivity index (χ0) is 27.5. The normalized spacial score (nSPS) is 10.6. The van der Waals surface area contributed by atoms with Crippen molar-refractivity contribution < 1.29 is 21.1 Å². The van der Waals surface area contributed by atoms with Crippen LogP contribution in [-0.2, 0) is 21.1 Å². The summed E-state index contributed by atoms with van der Waals surface area (Å²) >= 11 is 0. The van der Waals surface area contributed by atoms with Crippen molar-refractivity contribution in [3.05, 3.63) is 150 Å². The number of pyridine rings is 2. The van der Waals surface area contributed by atoms with Gasteiger partial charge in [-0.1, -0.05) is 77.9 Å². The van der Waals surface area contributed by atoms with E-state index in [-0.39, 0.29) is 21.1 Å². The van der Waals surface area contributed by atoms with Crippen LogP contribution in [0.3, 0.4) is 0 Å². The molecule has 6 rings (SSSR count). The van der Waals surface area contributed by atoms with Crippen molar-refractivity contribution in [1.29, 1.82) is 0 Å².